The zero-order valence-electron chi connectivity index (χ0n) is 17.0. The first kappa shape index (κ1) is 21.7. The van der Waals surface area contributed by atoms with Crippen molar-refractivity contribution in [1.82, 2.24) is 19.5 Å². The number of aromatic nitrogens is 4. The number of amides is 1. The molecule has 0 radical (unpaired) electrons. The lowest BCUT2D eigenvalue weighted by molar-refractivity contribution is -0.118. The van der Waals surface area contributed by atoms with Gasteiger partial charge < -0.3 is 9.47 Å². The number of aromatic amines is 1. The normalized spacial score (nSPS) is 24.2. The third-order valence-electron chi connectivity index (χ3n) is 4.97. The van der Waals surface area contributed by atoms with Crippen LogP contribution in [0.25, 0.3) is 11.2 Å². The maximum absolute atomic E-state index is 12.5. The van der Waals surface area contributed by atoms with Gasteiger partial charge in [-0.1, -0.05) is 39.5 Å². The van der Waals surface area contributed by atoms with Crippen LogP contribution >= 0.6 is 24.0 Å². The van der Waals surface area contributed by atoms with Crippen molar-refractivity contribution in [2.45, 2.75) is 52.6 Å². The number of nitrogens with zero attached hydrogens (tertiary/aromatic N) is 3. The second-order valence-corrected chi connectivity index (χ2v) is 8.66. The van der Waals surface area contributed by atoms with E-state index in [0.29, 0.717) is 10.0 Å². The van der Waals surface area contributed by atoms with Crippen LogP contribution in [0.15, 0.2) is 11.1 Å². The lowest BCUT2D eigenvalue weighted by Gasteiger charge is -2.23. The van der Waals surface area contributed by atoms with Crippen molar-refractivity contribution in [1.29, 1.82) is 0 Å². The van der Waals surface area contributed by atoms with Crippen LogP contribution in [0.3, 0.4) is 0 Å². The van der Waals surface area contributed by atoms with E-state index in [0.717, 1.165) is 6.42 Å². The summed E-state index contributed by atoms with van der Waals surface area (Å²) in [7, 11) is 0. The Hall–Kier alpha value is -1.98. The monoisotopic (exact) mass is 439 g/mol. The molecule has 0 saturated carbocycles. The van der Waals surface area contributed by atoms with Gasteiger partial charge in [0.2, 0.25) is 16.2 Å². The minimum Gasteiger partial charge on any atom is -0.470 e. The molecule has 0 aliphatic carbocycles. The molecule has 0 aromatic carbocycles. The van der Waals surface area contributed by atoms with Gasteiger partial charge in [0.15, 0.2) is 23.5 Å². The molecule has 1 fully saturated rings. The van der Waals surface area contributed by atoms with E-state index in [4.69, 9.17) is 21.7 Å². The molecule has 2 aromatic heterocycles. The summed E-state index contributed by atoms with van der Waals surface area (Å²) in [6, 6.07) is 0. The number of imidazole rings is 1. The van der Waals surface area contributed by atoms with Crippen molar-refractivity contribution in [2.24, 2.45) is 11.8 Å². The van der Waals surface area contributed by atoms with Crippen LogP contribution in [0, 0.1) is 11.8 Å². The Balaban J connectivity index is 2.03. The molecule has 2 N–H and O–H groups in total. The number of fused-ring (bicyclic) bond motifs is 1. The minimum atomic E-state index is -0.548. The number of hydrogen-bond donors (Lipinski definition) is 2. The van der Waals surface area contributed by atoms with Crippen LogP contribution in [-0.2, 0) is 14.3 Å². The molecule has 1 aliphatic heterocycles. The molecule has 158 valence electrons. The predicted molar refractivity (Wildman–Crippen MR) is 116 cm³/mol. The van der Waals surface area contributed by atoms with Crippen molar-refractivity contribution < 1.29 is 14.3 Å². The summed E-state index contributed by atoms with van der Waals surface area (Å²) >= 11 is 6.60. The number of hydrogen-bond acceptors (Lipinski definition) is 8. The summed E-state index contributed by atoms with van der Waals surface area (Å²) in [6.45, 7) is 7.61. The number of nitrogens with one attached hydrogen (secondary N) is 2. The van der Waals surface area contributed by atoms with E-state index in [-0.39, 0.29) is 41.4 Å². The Labute approximate surface area is 178 Å². The minimum absolute atomic E-state index is 0.0331. The highest BCUT2D eigenvalue weighted by Crippen LogP contribution is 2.39. The van der Waals surface area contributed by atoms with E-state index < -0.39 is 11.8 Å². The molecule has 1 amide bonds. The molecule has 1 aliphatic rings. The highest BCUT2D eigenvalue weighted by molar-refractivity contribution is 8.22. The van der Waals surface area contributed by atoms with Gasteiger partial charge in [-0.05, 0) is 24.9 Å². The molecule has 0 unspecified atom stereocenters. The molecule has 0 bridgehead atoms. The smallest absolute Gasteiger partial charge is 0.280 e. The standard InChI is InChI=1S/C18H25N5O4S2/c1-6-10-9(4)12(27-18(28)29-5)16(26-10)23-7-19-11-13(23)20-17(22-15(11)25)21-14(24)8(2)3/h7-10,12,16H,6H2,1-5H3,(H2,20,21,22,24,25)/t9-,10-,12-,16-/m1/s1. The molecule has 3 heterocycles. The first-order valence-corrected chi connectivity index (χ1v) is 11.1. The summed E-state index contributed by atoms with van der Waals surface area (Å²) in [5.74, 6) is -0.356. The zero-order chi connectivity index (χ0) is 21.3. The van der Waals surface area contributed by atoms with Gasteiger partial charge in [-0.15, -0.1) is 0 Å². The molecule has 11 heteroatoms. The molecule has 9 nitrogen and oxygen atoms in total. The first-order valence-electron chi connectivity index (χ1n) is 9.44. The highest BCUT2D eigenvalue weighted by atomic mass is 32.2. The number of ether oxygens (including phenoxy) is 2. The number of carbonyl (C=O) groups excluding carboxylic acids is 1. The van der Waals surface area contributed by atoms with Gasteiger partial charge in [0.05, 0.1) is 12.4 Å². The third kappa shape index (κ3) is 4.31. The van der Waals surface area contributed by atoms with Crippen LogP contribution in [0.4, 0.5) is 5.95 Å². The number of rotatable bonds is 5. The summed E-state index contributed by atoms with van der Waals surface area (Å²) in [4.78, 5) is 35.6. The van der Waals surface area contributed by atoms with E-state index in [1.807, 2.05) is 13.2 Å². The van der Waals surface area contributed by atoms with Crippen molar-refractivity contribution in [3.8, 4) is 0 Å². The van der Waals surface area contributed by atoms with Crippen LogP contribution in [0.2, 0.25) is 0 Å². The maximum atomic E-state index is 12.5. The summed E-state index contributed by atoms with van der Waals surface area (Å²) in [5.41, 5.74) is 0.0309. The Morgan fingerprint density at radius 2 is 2.24 bits per heavy atom. The fourth-order valence-corrected chi connectivity index (χ4v) is 3.62. The van der Waals surface area contributed by atoms with Crippen molar-refractivity contribution >= 4 is 51.4 Å². The van der Waals surface area contributed by atoms with Gasteiger partial charge in [-0.3, -0.25) is 24.5 Å². The Kier molecular flexibility index (Phi) is 6.59. The topological polar surface area (TPSA) is 111 Å². The van der Waals surface area contributed by atoms with Gasteiger partial charge in [-0.2, -0.15) is 4.98 Å². The molecule has 4 atom stereocenters. The average molecular weight is 440 g/mol. The zero-order valence-corrected chi connectivity index (χ0v) is 18.6. The van der Waals surface area contributed by atoms with Gasteiger partial charge in [0, 0.05) is 11.8 Å². The fraction of sp³-hybridized carbons (Fsp3) is 0.611. The van der Waals surface area contributed by atoms with Crippen LogP contribution in [0.1, 0.15) is 40.3 Å². The first-order chi connectivity index (χ1) is 13.8. The second-order valence-electron chi connectivity index (χ2n) is 7.25. The number of H-pyrrole nitrogens is 1. The number of anilines is 1. The van der Waals surface area contributed by atoms with Gasteiger partial charge in [0.1, 0.15) is 0 Å². The van der Waals surface area contributed by atoms with Crippen LogP contribution in [0.5, 0.6) is 0 Å². The Morgan fingerprint density at radius 3 is 2.86 bits per heavy atom. The van der Waals surface area contributed by atoms with Crippen LogP contribution in [-0.4, -0.2) is 48.3 Å². The molecular formula is C18H25N5O4S2. The Bertz CT molecular complexity index is 973. The summed E-state index contributed by atoms with van der Waals surface area (Å²) in [5, 5.41) is 2.62. The van der Waals surface area contributed by atoms with E-state index in [2.05, 4.69) is 27.2 Å². The van der Waals surface area contributed by atoms with Gasteiger partial charge >= 0.3 is 0 Å². The van der Waals surface area contributed by atoms with Gasteiger partial charge in [0.25, 0.3) is 5.56 Å². The quantitative estimate of drug-likeness (QED) is 0.684. The molecular weight excluding hydrogens is 414 g/mol. The third-order valence-corrected chi connectivity index (χ3v) is 6.00. The number of carbonyl (C=O) groups is 1. The van der Waals surface area contributed by atoms with Gasteiger partial charge in [-0.25, -0.2) is 4.98 Å². The van der Waals surface area contributed by atoms with Crippen LogP contribution < -0.4 is 10.9 Å². The predicted octanol–water partition coefficient (Wildman–Crippen LogP) is 2.69. The lowest BCUT2D eigenvalue weighted by Crippen LogP contribution is -2.29. The van der Waals surface area contributed by atoms with E-state index in [1.165, 1.54) is 18.1 Å². The highest BCUT2D eigenvalue weighted by Gasteiger charge is 2.45. The lowest BCUT2D eigenvalue weighted by atomic mass is 9.98. The fourth-order valence-electron chi connectivity index (χ4n) is 3.30. The largest absolute Gasteiger partial charge is 0.470 e. The van der Waals surface area contributed by atoms with E-state index >= 15 is 0 Å². The number of thiocarbonyl (C=S) groups is 1. The molecule has 2 aromatic rings. The molecule has 1 saturated heterocycles. The van der Waals surface area contributed by atoms with E-state index in [1.54, 1.807) is 18.4 Å². The summed E-state index contributed by atoms with van der Waals surface area (Å²) < 4.78 is 14.3. The van der Waals surface area contributed by atoms with Crippen molar-refractivity contribution in [2.75, 3.05) is 11.6 Å². The van der Waals surface area contributed by atoms with E-state index in [9.17, 15) is 9.59 Å². The SMILES string of the molecule is CC[C@H]1O[C@@H](n2cnc3c(=O)[nH]c(NC(=O)C(C)C)nc32)[C@H](OC(=S)SC)[C@@H]1C. The van der Waals surface area contributed by atoms with Crippen molar-refractivity contribution in [3.63, 3.8) is 0 Å². The number of thioether (sulfide) groups is 1. The average Bonchev–Trinajstić information content (AvgIpc) is 3.23. The molecule has 0 spiro atoms. The summed E-state index contributed by atoms with van der Waals surface area (Å²) in [6.07, 6.45) is 3.23. The molecule has 29 heavy (non-hydrogen) atoms. The second kappa shape index (κ2) is 8.80. The Morgan fingerprint density at radius 1 is 1.52 bits per heavy atom. The maximum Gasteiger partial charge on any atom is 0.280 e. The molecule has 3 rings (SSSR count). The van der Waals surface area contributed by atoms with Crippen molar-refractivity contribution in [3.05, 3.63) is 16.7 Å².